The summed E-state index contributed by atoms with van der Waals surface area (Å²) >= 11 is 0. The van der Waals surface area contributed by atoms with Gasteiger partial charge in [0.15, 0.2) is 6.10 Å². The zero-order valence-corrected chi connectivity index (χ0v) is 9.82. The van der Waals surface area contributed by atoms with Crippen LogP contribution in [-0.4, -0.2) is 33.9 Å². The van der Waals surface area contributed by atoms with Crippen molar-refractivity contribution < 1.29 is 24.5 Å². The lowest BCUT2D eigenvalue weighted by molar-refractivity contribution is -0.191. The number of rotatable bonds is 3. The number of esters is 1. The Kier molecular flexibility index (Phi) is 3.28. The highest BCUT2D eigenvalue weighted by Crippen LogP contribution is 2.45. The number of carboxylic acids is 1. The Morgan fingerprint density at radius 3 is 2.06 bits per heavy atom. The molecule has 0 saturated heterocycles. The van der Waals surface area contributed by atoms with Crippen LogP contribution in [0.3, 0.4) is 0 Å². The van der Waals surface area contributed by atoms with E-state index in [1.54, 1.807) is 20.8 Å². The first-order chi connectivity index (χ1) is 7.19. The van der Waals surface area contributed by atoms with Crippen LogP contribution < -0.4 is 0 Å². The standard InChI is InChI=1S/C11H18O5/c1-10(2,3)16-9(15)11(5-4-6-11)7(12)8(13)14/h7,12H,4-6H2,1-3H3,(H,13,14). The van der Waals surface area contributed by atoms with Crippen LogP contribution in [0.1, 0.15) is 40.0 Å². The average Bonchev–Trinajstić information content (AvgIpc) is 1.97. The van der Waals surface area contributed by atoms with E-state index in [0.717, 1.165) is 6.42 Å². The van der Waals surface area contributed by atoms with Crippen molar-refractivity contribution in [3.05, 3.63) is 0 Å². The van der Waals surface area contributed by atoms with Crippen LogP contribution in [0.15, 0.2) is 0 Å². The molecule has 16 heavy (non-hydrogen) atoms. The summed E-state index contributed by atoms with van der Waals surface area (Å²) < 4.78 is 5.15. The first kappa shape index (κ1) is 13.0. The van der Waals surface area contributed by atoms with Crippen LogP contribution in [0, 0.1) is 5.41 Å². The third kappa shape index (κ3) is 2.35. The Morgan fingerprint density at radius 2 is 1.81 bits per heavy atom. The van der Waals surface area contributed by atoms with E-state index in [1.165, 1.54) is 0 Å². The van der Waals surface area contributed by atoms with E-state index >= 15 is 0 Å². The molecule has 0 aliphatic heterocycles. The molecule has 2 N–H and O–H groups in total. The first-order valence-electron chi connectivity index (χ1n) is 5.33. The second-order valence-corrected chi connectivity index (χ2v) is 5.25. The highest BCUT2D eigenvalue weighted by Gasteiger charge is 2.55. The molecule has 1 aliphatic rings. The molecule has 0 aromatic rings. The number of hydrogen-bond acceptors (Lipinski definition) is 4. The second-order valence-electron chi connectivity index (χ2n) is 5.25. The lowest BCUT2D eigenvalue weighted by atomic mass is 9.65. The van der Waals surface area contributed by atoms with E-state index in [9.17, 15) is 14.7 Å². The van der Waals surface area contributed by atoms with Gasteiger partial charge in [-0.25, -0.2) is 4.79 Å². The minimum atomic E-state index is -1.67. The fourth-order valence-electron chi connectivity index (χ4n) is 1.76. The molecule has 1 unspecified atom stereocenters. The lowest BCUT2D eigenvalue weighted by Gasteiger charge is -2.42. The van der Waals surface area contributed by atoms with E-state index in [-0.39, 0.29) is 0 Å². The maximum atomic E-state index is 11.9. The molecule has 0 spiro atoms. The number of aliphatic hydroxyl groups is 1. The Bertz CT molecular complexity index is 298. The third-order valence-electron chi connectivity index (χ3n) is 2.81. The number of carbonyl (C=O) groups is 2. The van der Waals surface area contributed by atoms with Gasteiger partial charge in [0, 0.05) is 0 Å². The zero-order valence-electron chi connectivity index (χ0n) is 9.82. The number of aliphatic hydroxyl groups excluding tert-OH is 1. The smallest absolute Gasteiger partial charge is 0.333 e. The normalized spacial score (nSPS) is 20.8. The van der Waals surface area contributed by atoms with Gasteiger partial charge in [0.1, 0.15) is 11.0 Å². The number of ether oxygens (including phenoxy) is 1. The molecule has 1 aliphatic carbocycles. The predicted molar refractivity (Wildman–Crippen MR) is 55.8 cm³/mol. The van der Waals surface area contributed by atoms with Gasteiger partial charge in [-0.05, 0) is 33.6 Å². The van der Waals surface area contributed by atoms with Crippen molar-refractivity contribution in [1.82, 2.24) is 0 Å². The quantitative estimate of drug-likeness (QED) is 0.705. The highest BCUT2D eigenvalue weighted by molar-refractivity contribution is 5.87. The molecular formula is C11H18O5. The minimum absolute atomic E-state index is 0.370. The summed E-state index contributed by atoms with van der Waals surface area (Å²) in [4.78, 5) is 22.6. The summed E-state index contributed by atoms with van der Waals surface area (Å²) in [5.74, 6) is -1.98. The van der Waals surface area contributed by atoms with Gasteiger partial charge >= 0.3 is 11.9 Å². The monoisotopic (exact) mass is 230 g/mol. The summed E-state index contributed by atoms with van der Waals surface area (Å²) in [6, 6.07) is 0. The SMILES string of the molecule is CC(C)(C)OC(=O)C1(C(O)C(=O)O)CCC1. The molecule has 0 aromatic heterocycles. The maximum Gasteiger partial charge on any atom is 0.333 e. The molecule has 1 fully saturated rings. The fourth-order valence-corrected chi connectivity index (χ4v) is 1.76. The number of carboxylic acid groups (broad SMARTS) is 1. The molecule has 5 nitrogen and oxygen atoms in total. The molecule has 92 valence electrons. The zero-order chi connectivity index (χ0) is 12.6. The Labute approximate surface area is 94.4 Å². The molecule has 0 radical (unpaired) electrons. The molecular weight excluding hydrogens is 212 g/mol. The van der Waals surface area contributed by atoms with Crippen molar-refractivity contribution in [2.45, 2.75) is 51.7 Å². The third-order valence-corrected chi connectivity index (χ3v) is 2.81. The summed E-state index contributed by atoms with van der Waals surface area (Å²) in [5.41, 5.74) is -1.91. The average molecular weight is 230 g/mol. The van der Waals surface area contributed by atoms with Crippen LogP contribution in [0.5, 0.6) is 0 Å². The topological polar surface area (TPSA) is 83.8 Å². The van der Waals surface area contributed by atoms with Crippen molar-refractivity contribution in [2.24, 2.45) is 5.41 Å². The maximum absolute atomic E-state index is 11.9. The number of hydrogen-bond donors (Lipinski definition) is 2. The van der Waals surface area contributed by atoms with Gasteiger partial charge in [-0.1, -0.05) is 6.42 Å². The van der Waals surface area contributed by atoms with Crippen molar-refractivity contribution in [2.75, 3.05) is 0 Å². The van der Waals surface area contributed by atoms with Crippen LogP contribution in [0.25, 0.3) is 0 Å². The van der Waals surface area contributed by atoms with Gasteiger partial charge in [0.05, 0.1) is 0 Å². The first-order valence-corrected chi connectivity index (χ1v) is 5.33. The molecule has 1 saturated carbocycles. The Hall–Kier alpha value is -1.10. The Morgan fingerprint density at radius 1 is 1.31 bits per heavy atom. The summed E-state index contributed by atoms with van der Waals surface area (Å²) in [6.07, 6.45) is -0.190. The van der Waals surface area contributed by atoms with Crippen molar-refractivity contribution >= 4 is 11.9 Å². The minimum Gasteiger partial charge on any atom is -0.479 e. The number of aliphatic carboxylic acids is 1. The summed E-state index contributed by atoms with van der Waals surface area (Å²) in [6.45, 7) is 5.14. The Balaban J connectivity index is 2.81. The van der Waals surface area contributed by atoms with Gasteiger partial charge in [-0.3, -0.25) is 4.79 Å². The van der Waals surface area contributed by atoms with Gasteiger partial charge in [0.2, 0.25) is 0 Å². The van der Waals surface area contributed by atoms with Crippen LogP contribution in [0.4, 0.5) is 0 Å². The molecule has 0 amide bonds. The van der Waals surface area contributed by atoms with Crippen molar-refractivity contribution in [1.29, 1.82) is 0 Å². The van der Waals surface area contributed by atoms with E-state index in [2.05, 4.69) is 0 Å². The van der Waals surface area contributed by atoms with Crippen LogP contribution >= 0.6 is 0 Å². The molecule has 5 heteroatoms. The van der Waals surface area contributed by atoms with Gasteiger partial charge in [0.25, 0.3) is 0 Å². The summed E-state index contributed by atoms with van der Waals surface area (Å²) in [5, 5.41) is 18.3. The van der Waals surface area contributed by atoms with E-state index in [0.29, 0.717) is 12.8 Å². The lowest BCUT2D eigenvalue weighted by Crippen LogP contribution is -2.53. The van der Waals surface area contributed by atoms with E-state index in [1.807, 2.05) is 0 Å². The van der Waals surface area contributed by atoms with Crippen molar-refractivity contribution in [3.8, 4) is 0 Å². The molecule has 1 rings (SSSR count). The van der Waals surface area contributed by atoms with Crippen LogP contribution in [-0.2, 0) is 14.3 Å². The second kappa shape index (κ2) is 4.05. The predicted octanol–water partition coefficient (Wildman–Crippen LogP) is 0.944. The van der Waals surface area contributed by atoms with E-state index < -0.39 is 29.1 Å². The van der Waals surface area contributed by atoms with Crippen LogP contribution in [0.2, 0.25) is 0 Å². The number of carbonyl (C=O) groups excluding carboxylic acids is 1. The summed E-state index contributed by atoms with van der Waals surface area (Å²) in [7, 11) is 0. The molecule has 1 atom stereocenters. The fraction of sp³-hybridized carbons (Fsp3) is 0.818. The largest absolute Gasteiger partial charge is 0.479 e. The van der Waals surface area contributed by atoms with Gasteiger partial charge < -0.3 is 14.9 Å². The van der Waals surface area contributed by atoms with Gasteiger partial charge in [-0.2, -0.15) is 0 Å². The molecule has 0 aromatic carbocycles. The highest BCUT2D eigenvalue weighted by atomic mass is 16.6. The molecule has 0 bridgehead atoms. The van der Waals surface area contributed by atoms with Gasteiger partial charge in [-0.15, -0.1) is 0 Å². The molecule has 0 heterocycles. The van der Waals surface area contributed by atoms with Crippen molar-refractivity contribution in [3.63, 3.8) is 0 Å². The van der Waals surface area contributed by atoms with E-state index in [4.69, 9.17) is 9.84 Å².